The van der Waals surface area contributed by atoms with Gasteiger partial charge in [-0.05, 0) is 12.1 Å². The number of aromatic nitrogens is 1. The molecule has 6 heteroatoms. The molecule has 6 nitrogen and oxygen atoms in total. The summed E-state index contributed by atoms with van der Waals surface area (Å²) in [7, 11) is 0. The van der Waals surface area contributed by atoms with Gasteiger partial charge in [0.2, 0.25) is 0 Å². The van der Waals surface area contributed by atoms with Crippen molar-refractivity contribution in [3.63, 3.8) is 0 Å². The Labute approximate surface area is 115 Å². The molecule has 1 amide bonds. The second-order valence-electron chi connectivity index (χ2n) is 4.28. The van der Waals surface area contributed by atoms with Crippen LogP contribution >= 0.6 is 0 Å². The summed E-state index contributed by atoms with van der Waals surface area (Å²) in [5, 5.41) is 21.1. The van der Waals surface area contributed by atoms with E-state index in [-0.39, 0.29) is 18.9 Å². The largest absolute Gasteiger partial charge is 0.479 e. The number of hydrogen-bond donors (Lipinski definition) is 3. The summed E-state index contributed by atoms with van der Waals surface area (Å²) in [4.78, 5) is 26.6. The van der Waals surface area contributed by atoms with Crippen molar-refractivity contribution in [1.29, 1.82) is 0 Å². The summed E-state index contributed by atoms with van der Waals surface area (Å²) in [6.45, 7) is 0.0789. The molecule has 0 fully saturated rings. The van der Waals surface area contributed by atoms with Gasteiger partial charge in [0.15, 0.2) is 6.10 Å². The van der Waals surface area contributed by atoms with Gasteiger partial charge < -0.3 is 15.5 Å². The van der Waals surface area contributed by atoms with Crippen molar-refractivity contribution in [1.82, 2.24) is 10.3 Å². The number of aliphatic carboxylic acids is 1. The Kier molecular flexibility index (Phi) is 4.27. The van der Waals surface area contributed by atoms with Crippen LogP contribution < -0.4 is 5.32 Å². The first kappa shape index (κ1) is 14.0. The molecule has 1 aromatic carbocycles. The molecular weight excluding hydrogens is 260 g/mol. The maximum absolute atomic E-state index is 12.0. The average molecular weight is 274 g/mol. The highest BCUT2D eigenvalue weighted by atomic mass is 16.4. The molecule has 1 heterocycles. The first-order valence-electron chi connectivity index (χ1n) is 6.12. The van der Waals surface area contributed by atoms with E-state index in [1.165, 1.54) is 0 Å². The molecule has 1 aromatic heterocycles. The number of hydrogen-bond acceptors (Lipinski definition) is 4. The minimum atomic E-state index is -1.47. The highest BCUT2D eigenvalue weighted by molar-refractivity contribution is 6.05. The van der Waals surface area contributed by atoms with Crippen molar-refractivity contribution in [2.75, 3.05) is 6.54 Å². The Bertz CT molecular complexity index is 637. The zero-order chi connectivity index (χ0) is 14.5. The monoisotopic (exact) mass is 274 g/mol. The second-order valence-corrected chi connectivity index (χ2v) is 4.28. The van der Waals surface area contributed by atoms with Crippen LogP contribution in [0.3, 0.4) is 0 Å². The fourth-order valence-corrected chi connectivity index (χ4v) is 1.83. The molecule has 1 atom stereocenters. The minimum Gasteiger partial charge on any atom is -0.479 e. The lowest BCUT2D eigenvalue weighted by molar-refractivity contribution is -0.146. The summed E-state index contributed by atoms with van der Waals surface area (Å²) in [5.41, 5.74) is 1.01. The van der Waals surface area contributed by atoms with E-state index in [1.807, 2.05) is 12.1 Å². The Hall–Kier alpha value is -2.47. The number of aliphatic hydroxyl groups is 1. The van der Waals surface area contributed by atoms with Gasteiger partial charge >= 0.3 is 5.97 Å². The number of carboxylic acids is 1. The van der Waals surface area contributed by atoms with Crippen LogP contribution in [0, 0.1) is 0 Å². The van der Waals surface area contributed by atoms with Crippen LogP contribution in [0.4, 0.5) is 0 Å². The Morgan fingerprint density at radius 2 is 2.00 bits per heavy atom. The van der Waals surface area contributed by atoms with Gasteiger partial charge in [-0.2, -0.15) is 0 Å². The molecule has 2 aromatic rings. The molecule has 0 saturated carbocycles. The maximum atomic E-state index is 12.0. The summed E-state index contributed by atoms with van der Waals surface area (Å²) in [6, 6.07) is 8.90. The molecule has 0 aliphatic carbocycles. The Morgan fingerprint density at radius 3 is 2.75 bits per heavy atom. The number of amides is 1. The van der Waals surface area contributed by atoms with Crippen LogP contribution in [0.5, 0.6) is 0 Å². The number of rotatable bonds is 5. The number of carbonyl (C=O) groups is 2. The number of para-hydroxylation sites is 1. The summed E-state index contributed by atoms with van der Waals surface area (Å²) < 4.78 is 0. The van der Waals surface area contributed by atoms with Crippen molar-refractivity contribution in [3.8, 4) is 0 Å². The lowest BCUT2D eigenvalue weighted by atomic mass is 10.1. The molecule has 3 N–H and O–H groups in total. The Balaban J connectivity index is 2.06. The van der Waals surface area contributed by atoms with Crippen molar-refractivity contribution < 1.29 is 19.8 Å². The van der Waals surface area contributed by atoms with Crippen molar-refractivity contribution in [3.05, 3.63) is 42.1 Å². The fourth-order valence-electron chi connectivity index (χ4n) is 1.83. The molecule has 104 valence electrons. The van der Waals surface area contributed by atoms with E-state index in [0.29, 0.717) is 11.1 Å². The maximum Gasteiger partial charge on any atom is 0.332 e. The lowest BCUT2D eigenvalue weighted by Gasteiger charge is -2.08. The molecule has 1 unspecified atom stereocenters. The molecule has 0 aliphatic rings. The lowest BCUT2D eigenvalue weighted by Crippen LogP contribution is -2.30. The van der Waals surface area contributed by atoms with Gasteiger partial charge in [-0.15, -0.1) is 0 Å². The number of carbonyl (C=O) groups excluding carboxylic acids is 1. The zero-order valence-electron chi connectivity index (χ0n) is 10.6. The van der Waals surface area contributed by atoms with Gasteiger partial charge in [-0.25, -0.2) is 4.79 Å². The van der Waals surface area contributed by atoms with Crippen molar-refractivity contribution in [2.45, 2.75) is 12.5 Å². The quantitative estimate of drug-likeness (QED) is 0.749. The number of pyridine rings is 1. The fraction of sp³-hybridized carbons (Fsp3) is 0.214. The van der Waals surface area contributed by atoms with Gasteiger partial charge in [-0.3, -0.25) is 9.78 Å². The number of nitrogens with zero attached hydrogens (tertiary/aromatic N) is 1. The highest BCUT2D eigenvalue weighted by Crippen LogP contribution is 2.15. The molecule has 0 saturated heterocycles. The predicted molar refractivity (Wildman–Crippen MR) is 72.3 cm³/mol. The number of benzene rings is 1. The highest BCUT2D eigenvalue weighted by Gasteiger charge is 2.14. The summed E-state index contributed by atoms with van der Waals surface area (Å²) >= 11 is 0. The number of aliphatic hydroxyl groups excluding tert-OH is 1. The normalized spacial score (nSPS) is 12.1. The van der Waals surface area contributed by atoms with Crippen LogP contribution in [-0.2, 0) is 4.79 Å². The van der Waals surface area contributed by atoms with Gasteiger partial charge in [0.25, 0.3) is 5.91 Å². The van der Waals surface area contributed by atoms with Gasteiger partial charge in [-0.1, -0.05) is 18.2 Å². The van der Waals surface area contributed by atoms with Crippen LogP contribution in [0.15, 0.2) is 36.5 Å². The third kappa shape index (κ3) is 3.10. The molecule has 0 aliphatic heterocycles. The van der Waals surface area contributed by atoms with Crippen molar-refractivity contribution in [2.24, 2.45) is 0 Å². The van der Waals surface area contributed by atoms with Crippen LogP contribution in [-0.4, -0.2) is 39.7 Å². The van der Waals surface area contributed by atoms with Crippen LogP contribution in [0.25, 0.3) is 10.9 Å². The first-order chi connectivity index (χ1) is 9.59. The van der Waals surface area contributed by atoms with E-state index < -0.39 is 12.1 Å². The summed E-state index contributed by atoms with van der Waals surface area (Å²) in [6.07, 6.45) is 0.0907. The van der Waals surface area contributed by atoms with E-state index in [2.05, 4.69) is 10.3 Å². The molecular formula is C14H14N2O4. The van der Waals surface area contributed by atoms with Crippen LogP contribution in [0.1, 0.15) is 16.8 Å². The number of fused-ring (bicyclic) bond motifs is 1. The van der Waals surface area contributed by atoms with E-state index >= 15 is 0 Å². The minimum absolute atomic E-state index is 0.0424. The van der Waals surface area contributed by atoms with E-state index in [9.17, 15) is 9.59 Å². The molecule has 0 bridgehead atoms. The van der Waals surface area contributed by atoms with E-state index in [1.54, 1.807) is 24.4 Å². The third-order valence-electron chi connectivity index (χ3n) is 2.87. The molecule has 0 radical (unpaired) electrons. The van der Waals surface area contributed by atoms with Crippen LogP contribution in [0.2, 0.25) is 0 Å². The molecule has 0 spiro atoms. The first-order valence-corrected chi connectivity index (χ1v) is 6.12. The van der Waals surface area contributed by atoms with E-state index in [0.717, 1.165) is 5.39 Å². The zero-order valence-corrected chi connectivity index (χ0v) is 10.6. The van der Waals surface area contributed by atoms with Gasteiger partial charge in [0, 0.05) is 24.5 Å². The van der Waals surface area contributed by atoms with Crippen molar-refractivity contribution >= 4 is 22.8 Å². The SMILES string of the molecule is O=C(NCCC(O)C(=O)O)c1cccc2cccnc12. The Morgan fingerprint density at radius 1 is 1.25 bits per heavy atom. The molecule has 2 rings (SSSR count). The third-order valence-corrected chi connectivity index (χ3v) is 2.87. The van der Waals surface area contributed by atoms with Gasteiger partial charge in [0.05, 0.1) is 11.1 Å². The molecule has 20 heavy (non-hydrogen) atoms. The second kappa shape index (κ2) is 6.12. The summed E-state index contributed by atoms with van der Waals surface area (Å²) in [5.74, 6) is -1.64. The van der Waals surface area contributed by atoms with Gasteiger partial charge in [0.1, 0.15) is 0 Å². The standard InChI is InChI=1S/C14H14N2O4/c17-11(14(19)20)6-8-16-13(18)10-5-1-3-9-4-2-7-15-12(9)10/h1-5,7,11,17H,6,8H2,(H,16,18)(H,19,20). The average Bonchev–Trinajstić information content (AvgIpc) is 2.46. The number of nitrogens with one attached hydrogen (secondary N) is 1. The smallest absolute Gasteiger partial charge is 0.332 e. The van der Waals surface area contributed by atoms with E-state index in [4.69, 9.17) is 10.2 Å². The predicted octanol–water partition coefficient (Wildman–Crippen LogP) is 0.800. The number of carboxylic acid groups (broad SMARTS) is 1. The topological polar surface area (TPSA) is 99.5 Å².